The summed E-state index contributed by atoms with van der Waals surface area (Å²) in [6.45, 7) is 0. The number of aromatic nitrogens is 2. The van der Waals surface area contributed by atoms with Gasteiger partial charge < -0.3 is 0 Å². The summed E-state index contributed by atoms with van der Waals surface area (Å²) in [6.07, 6.45) is 16.3. The molecular formula is C18H22N2. The summed E-state index contributed by atoms with van der Waals surface area (Å²) in [5.74, 6) is 0. The molecule has 2 aliphatic rings. The molecule has 4 rings (SSSR count). The second kappa shape index (κ2) is 6.65. The predicted molar refractivity (Wildman–Crippen MR) is 81.8 cm³/mol. The van der Waals surface area contributed by atoms with Crippen LogP contribution in [0, 0.1) is 0 Å². The van der Waals surface area contributed by atoms with Gasteiger partial charge in [-0.1, -0.05) is 6.07 Å². The van der Waals surface area contributed by atoms with E-state index in [0.29, 0.717) is 0 Å². The van der Waals surface area contributed by atoms with Crippen molar-refractivity contribution in [2.75, 3.05) is 0 Å². The average molecular weight is 266 g/mol. The summed E-state index contributed by atoms with van der Waals surface area (Å²) in [5.41, 5.74) is 6.28. The van der Waals surface area contributed by atoms with Gasteiger partial charge in [-0.15, -0.1) is 0 Å². The Kier molecular flexibility index (Phi) is 4.42. The molecule has 0 unspecified atom stereocenters. The van der Waals surface area contributed by atoms with E-state index in [1.54, 1.807) is 29.1 Å². The molecule has 2 aliphatic carbocycles. The number of nitrogens with zero attached hydrogens (tertiary/aromatic N) is 2. The molecule has 0 spiro atoms. The molecule has 2 aromatic rings. The van der Waals surface area contributed by atoms with E-state index >= 15 is 0 Å². The molecule has 0 atom stereocenters. The Labute approximate surface area is 121 Å². The van der Waals surface area contributed by atoms with Crippen molar-refractivity contribution in [1.29, 1.82) is 0 Å². The standard InChI is InChI=1S/C13H17N.C5H5N/c1-2-6-11-10(5-1)9-14-13-8-4-3-7-12(11)13;1-2-4-6-5-3-1/h9H,1-8H2;1-5H. The van der Waals surface area contributed by atoms with Crippen molar-refractivity contribution in [1.82, 2.24) is 9.97 Å². The Bertz CT molecular complexity index is 487. The first-order chi connectivity index (χ1) is 9.95. The molecule has 0 aromatic carbocycles. The van der Waals surface area contributed by atoms with Gasteiger partial charge in [0, 0.05) is 24.3 Å². The van der Waals surface area contributed by atoms with E-state index in [0.717, 1.165) is 0 Å². The third kappa shape index (κ3) is 3.06. The van der Waals surface area contributed by atoms with Gasteiger partial charge in [0.1, 0.15) is 0 Å². The highest BCUT2D eigenvalue weighted by Crippen LogP contribution is 2.29. The second-order valence-corrected chi connectivity index (χ2v) is 5.63. The summed E-state index contributed by atoms with van der Waals surface area (Å²) in [5, 5.41) is 0. The SMILES string of the molecule is c1ccncc1.c1nc2c(c3c1CCCC3)CCCC2. The Morgan fingerprint density at radius 1 is 0.700 bits per heavy atom. The topological polar surface area (TPSA) is 25.8 Å². The molecule has 2 aromatic heterocycles. The van der Waals surface area contributed by atoms with Crippen LogP contribution in [0.25, 0.3) is 0 Å². The molecular weight excluding hydrogens is 244 g/mol. The molecule has 0 N–H and O–H groups in total. The summed E-state index contributed by atoms with van der Waals surface area (Å²) >= 11 is 0. The second-order valence-electron chi connectivity index (χ2n) is 5.63. The van der Waals surface area contributed by atoms with Crippen molar-refractivity contribution in [3.63, 3.8) is 0 Å². The van der Waals surface area contributed by atoms with Crippen LogP contribution in [0.5, 0.6) is 0 Å². The molecule has 0 amide bonds. The first-order valence-electron chi connectivity index (χ1n) is 7.78. The van der Waals surface area contributed by atoms with Gasteiger partial charge in [0.05, 0.1) is 0 Å². The van der Waals surface area contributed by atoms with E-state index in [-0.39, 0.29) is 0 Å². The molecule has 2 heterocycles. The van der Waals surface area contributed by atoms with E-state index in [9.17, 15) is 0 Å². The fourth-order valence-electron chi connectivity index (χ4n) is 3.24. The van der Waals surface area contributed by atoms with Crippen LogP contribution in [-0.2, 0) is 25.7 Å². The van der Waals surface area contributed by atoms with Gasteiger partial charge in [0.15, 0.2) is 0 Å². The van der Waals surface area contributed by atoms with Gasteiger partial charge in [-0.2, -0.15) is 0 Å². The Morgan fingerprint density at radius 2 is 1.40 bits per heavy atom. The minimum atomic E-state index is 1.22. The van der Waals surface area contributed by atoms with Crippen LogP contribution >= 0.6 is 0 Å². The molecule has 0 saturated carbocycles. The first kappa shape index (κ1) is 13.3. The summed E-state index contributed by atoms with van der Waals surface area (Å²) in [6, 6.07) is 5.72. The van der Waals surface area contributed by atoms with Crippen molar-refractivity contribution in [3.8, 4) is 0 Å². The maximum Gasteiger partial charge on any atom is 0.0438 e. The zero-order valence-corrected chi connectivity index (χ0v) is 12.0. The molecule has 104 valence electrons. The lowest BCUT2D eigenvalue weighted by Crippen LogP contribution is -2.14. The quantitative estimate of drug-likeness (QED) is 0.722. The van der Waals surface area contributed by atoms with Gasteiger partial charge in [-0.3, -0.25) is 9.97 Å². The van der Waals surface area contributed by atoms with Crippen LogP contribution in [0.4, 0.5) is 0 Å². The van der Waals surface area contributed by atoms with Gasteiger partial charge in [0.25, 0.3) is 0 Å². The lowest BCUT2D eigenvalue weighted by molar-refractivity contribution is 0.625. The molecule has 2 heteroatoms. The van der Waals surface area contributed by atoms with E-state index < -0.39 is 0 Å². The summed E-state index contributed by atoms with van der Waals surface area (Å²) in [4.78, 5) is 8.42. The average Bonchev–Trinajstić information content (AvgIpc) is 2.57. The molecule has 0 radical (unpaired) electrons. The highest BCUT2D eigenvalue weighted by Gasteiger charge is 2.19. The van der Waals surface area contributed by atoms with Crippen molar-refractivity contribution < 1.29 is 0 Å². The minimum Gasteiger partial charge on any atom is -0.265 e. The Balaban J connectivity index is 0.000000170. The summed E-state index contributed by atoms with van der Waals surface area (Å²) in [7, 11) is 0. The third-order valence-electron chi connectivity index (χ3n) is 4.26. The number of pyridine rings is 2. The zero-order valence-electron chi connectivity index (χ0n) is 12.0. The van der Waals surface area contributed by atoms with Crippen LogP contribution < -0.4 is 0 Å². The molecule has 0 aliphatic heterocycles. The fourth-order valence-corrected chi connectivity index (χ4v) is 3.24. The van der Waals surface area contributed by atoms with E-state index in [4.69, 9.17) is 0 Å². The number of hydrogen-bond acceptors (Lipinski definition) is 2. The minimum absolute atomic E-state index is 1.22. The largest absolute Gasteiger partial charge is 0.265 e. The number of rotatable bonds is 0. The van der Waals surface area contributed by atoms with E-state index in [1.807, 2.05) is 18.2 Å². The van der Waals surface area contributed by atoms with Gasteiger partial charge in [0.2, 0.25) is 0 Å². The van der Waals surface area contributed by atoms with Crippen molar-refractivity contribution in [2.24, 2.45) is 0 Å². The smallest absolute Gasteiger partial charge is 0.0438 e. The third-order valence-corrected chi connectivity index (χ3v) is 4.26. The summed E-state index contributed by atoms with van der Waals surface area (Å²) < 4.78 is 0. The Hall–Kier alpha value is -1.70. The van der Waals surface area contributed by atoms with Crippen LogP contribution in [0.15, 0.2) is 36.8 Å². The highest BCUT2D eigenvalue weighted by atomic mass is 14.7. The fraction of sp³-hybridized carbons (Fsp3) is 0.444. The first-order valence-corrected chi connectivity index (χ1v) is 7.78. The Morgan fingerprint density at radius 3 is 2.10 bits per heavy atom. The predicted octanol–water partition coefficient (Wildman–Crippen LogP) is 3.92. The highest BCUT2D eigenvalue weighted by molar-refractivity contribution is 5.39. The molecule has 2 nitrogen and oxygen atoms in total. The van der Waals surface area contributed by atoms with Crippen LogP contribution in [0.1, 0.15) is 48.1 Å². The van der Waals surface area contributed by atoms with Crippen LogP contribution in [0.3, 0.4) is 0 Å². The maximum atomic E-state index is 4.63. The van der Waals surface area contributed by atoms with Gasteiger partial charge in [-0.25, -0.2) is 0 Å². The zero-order chi connectivity index (χ0) is 13.6. The maximum absolute atomic E-state index is 4.63. The number of fused-ring (bicyclic) bond motifs is 3. The van der Waals surface area contributed by atoms with Crippen molar-refractivity contribution >= 4 is 0 Å². The number of hydrogen-bond donors (Lipinski definition) is 0. The van der Waals surface area contributed by atoms with Crippen molar-refractivity contribution in [3.05, 3.63) is 59.2 Å². The van der Waals surface area contributed by atoms with Crippen LogP contribution in [0.2, 0.25) is 0 Å². The lowest BCUT2D eigenvalue weighted by Gasteiger charge is -2.24. The lowest BCUT2D eigenvalue weighted by atomic mass is 9.84. The normalized spacial score (nSPS) is 16.4. The molecule has 0 saturated heterocycles. The van der Waals surface area contributed by atoms with Gasteiger partial charge in [-0.05, 0) is 80.2 Å². The van der Waals surface area contributed by atoms with E-state index in [1.165, 1.54) is 57.1 Å². The van der Waals surface area contributed by atoms with E-state index in [2.05, 4.69) is 16.2 Å². The monoisotopic (exact) mass is 266 g/mol. The molecule has 20 heavy (non-hydrogen) atoms. The molecule has 0 bridgehead atoms. The van der Waals surface area contributed by atoms with Gasteiger partial charge >= 0.3 is 0 Å². The van der Waals surface area contributed by atoms with Crippen molar-refractivity contribution in [2.45, 2.75) is 51.4 Å². The molecule has 0 fully saturated rings. The number of aryl methyl sites for hydroxylation is 2. The van der Waals surface area contributed by atoms with Crippen LogP contribution in [-0.4, -0.2) is 9.97 Å².